The van der Waals surface area contributed by atoms with E-state index >= 15 is 0 Å². The number of hydrogen-bond donors (Lipinski definition) is 0. The van der Waals surface area contributed by atoms with Crippen LogP contribution in [-0.2, 0) is 6.54 Å². The number of nitrogens with zero attached hydrogens (tertiary/aromatic N) is 1. The van der Waals surface area contributed by atoms with E-state index in [9.17, 15) is 0 Å². The first kappa shape index (κ1) is 6.69. The highest BCUT2D eigenvalue weighted by Crippen LogP contribution is 2.14. The van der Waals surface area contributed by atoms with Crippen molar-refractivity contribution in [2.24, 2.45) is 0 Å². The van der Waals surface area contributed by atoms with E-state index in [0.29, 0.717) is 0 Å². The van der Waals surface area contributed by atoms with Gasteiger partial charge in [-0.25, -0.2) is 0 Å². The van der Waals surface area contributed by atoms with Gasteiger partial charge in [-0.1, -0.05) is 11.6 Å². The molecule has 0 amide bonds. The van der Waals surface area contributed by atoms with E-state index in [1.807, 2.05) is 19.3 Å². The maximum Gasteiger partial charge on any atom is 0.0611 e. The minimum atomic E-state index is 0.858. The van der Waals surface area contributed by atoms with E-state index in [-0.39, 0.29) is 0 Å². The Labute approximate surface area is 60.2 Å². The summed E-state index contributed by atoms with van der Waals surface area (Å²) >= 11 is 5.79. The molecule has 1 aromatic rings. The van der Waals surface area contributed by atoms with Crippen LogP contribution < -0.4 is 0 Å². The highest BCUT2D eigenvalue weighted by molar-refractivity contribution is 6.31. The molecule has 1 aromatic heterocycles. The molecule has 50 valence electrons. The Bertz CT molecular complexity index is 183. The molecule has 0 aliphatic rings. The van der Waals surface area contributed by atoms with Crippen LogP contribution in [0.3, 0.4) is 0 Å². The summed E-state index contributed by atoms with van der Waals surface area (Å²) in [7, 11) is 0. The second-order valence-corrected chi connectivity index (χ2v) is 2.53. The van der Waals surface area contributed by atoms with Gasteiger partial charge in [0.15, 0.2) is 0 Å². The zero-order valence-corrected chi connectivity index (χ0v) is 6.44. The highest BCUT2D eigenvalue weighted by Gasteiger charge is 1.95. The van der Waals surface area contributed by atoms with Crippen LogP contribution in [0.2, 0.25) is 5.02 Å². The molecule has 0 bridgehead atoms. The van der Waals surface area contributed by atoms with E-state index in [4.69, 9.17) is 11.6 Å². The van der Waals surface area contributed by atoms with Crippen molar-refractivity contribution >= 4 is 11.6 Å². The smallest absolute Gasteiger partial charge is 0.0611 e. The lowest BCUT2D eigenvalue weighted by Gasteiger charge is -1.90. The zero-order valence-electron chi connectivity index (χ0n) is 5.69. The van der Waals surface area contributed by atoms with E-state index < -0.39 is 0 Å². The summed E-state index contributed by atoms with van der Waals surface area (Å²) in [5, 5.41) is 0.858. The molecular weight excluding hydrogens is 134 g/mol. The van der Waals surface area contributed by atoms with Crippen LogP contribution >= 0.6 is 11.6 Å². The summed E-state index contributed by atoms with van der Waals surface area (Å²) < 4.78 is 2.07. The Hall–Kier alpha value is -0.430. The molecule has 0 aliphatic carbocycles. The van der Waals surface area contributed by atoms with E-state index in [2.05, 4.69) is 11.5 Å². The Morgan fingerprint density at radius 2 is 2.22 bits per heavy atom. The van der Waals surface area contributed by atoms with Crippen LogP contribution in [0.15, 0.2) is 12.4 Å². The number of aromatic nitrogens is 1. The third-order valence-electron chi connectivity index (χ3n) is 1.38. The van der Waals surface area contributed by atoms with E-state index in [1.54, 1.807) is 0 Å². The number of aryl methyl sites for hydroxylation is 2. The average Bonchev–Trinajstić information content (AvgIpc) is 2.13. The Kier molecular flexibility index (Phi) is 1.81. The van der Waals surface area contributed by atoms with Crippen LogP contribution in [0.25, 0.3) is 0 Å². The first-order valence-electron chi connectivity index (χ1n) is 3.06. The molecule has 0 fully saturated rings. The van der Waals surface area contributed by atoms with Crippen LogP contribution in [-0.4, -0.2) is 4.57 Å². The Morgan fingerprint density at radius 3 is 2.44 bits per heavy atom. The predicted molar refractivity (Wildman–Crippen MR) is 39.9 cm³/mol. The normalized spacial score (nSPS) is 10.1. The van der Waals surface area contributed by atoms with Crippen molar-refractivity contribution in [1.29, 1.82) is 0 Å². The Morgan fingerprint density at radius 1 is 1.56 bits per heavy atom. The Balaban J connectivity index is 2.98. The fourth-order valence-electron chi connectivity index (χ4n) is 0.778. The molecule has 2 heteroatoms. The topological polar surface area (TPSA) is 4.93 Å². The highest BCUT2D eigenvalue weighted by atomic mass is 35.5. The van der Waals surface area contributed by atoms with Crippen molar-refractivity contribution in [1.82, 2.24) is 4.57 Å². The van der Waals surface area contributed by atoms with Gasteiger partial charge in [0.2, 0.25) is 0 Å². The number of hydrogen-bond acceptors (Lipinski definition) is 0. The number of rotatable bonds is 1. The van der Waals surface area contributed by atoms with Gasteiger partial charge in [0.05, 0.1) is 5.02 Å². The van der Waals surface area contributed by atoms with Gasteiger partial charge < -0.3 is 4.57 Å². The molecule has 0 radical (unpaired) electrons. The molecule has 0 atom stereocenters. The maximum absolute atomic E-state index is 5.79. The van der Waals surface area contributed by atoms with Gasteiger partial charge in [0.25, 0.3) is 0 Å². The molecule has 1 nitrogen and oxygen atoms in total. The third-order valence-corrected chi connectivity index (χ3v) is 1.78. The molecule has 0 spiro atoms. The first-order chi connectivity index (χ1) is 4.24. The lowest BCUT2D eigenvalue weighted by molar-refractivity contribution is 0.768. The fraction of sp³-hybridized carbons (Fsp3) is 0.429. The quantitative estimate of drug-likeness (QED) is 0.569. The molecule has 1 rings (SSSR count). The minimum Gasteiger partial charge on any atom is -0.353 e. The fourth-order valence-corrected chi connectivity index (χ4v) is 0.952. The molecule has 0 saturated carbocycles. The second-order valence-electron chi connectivity index (χ2n) is 2.12. The largest absolute Gasteiger partial charge is 0.353 e. The van der Waals surface area contributed by atoms with Gasteiger partial charge in [-0.3, -0.25) is 0 Å². The molecule has 0 aromatic carbocycles. The molecule has 0 aliphatic heterocycles. The summed E-state index contributed by atoms with van der Waals surface area (Å²) in [4.78, 5) is 0. The first-order valence-corrected chi connectivity index (χ1v) is 3.43. The predicted octanol–water partition coefficient (Wildman–Crippen LogP) is 2.47. The van der Waals surface area contributed by atoms with Crippen LogP contribution in [0, 0.1) is 6.92 Å². The van der Waals surface area contributed by atoms with Crippen LogP contribution in [0.1, 0.15) is 12.5 Å². The van der Waals surface area contributed by atoms with Crippen molar-refractivity contribution in [2.75, 3.05) is 0 Å². The van der Waals surface area contributed by atoms with Crippen molar-refractivity contribution in [3.8, 4) is 0 Å². The molecule has 9 heavy (non-hydrogen) atoms. The molecule has 0 saturated heterocycles. The lowest BCUT2D eigenvalue weighted by Crippen LogP contribution is -1.86. The average molecular weight is 144 g/mol. The van der Waals surface area contributed by atoms with E-state index in [1.165, 1.54) is 0 Å². The van der Waals surface area contributed by atoms with Crippen molar-refractivity contribution in [3.05, 3.63) is 23.0 Å². The van der Waals surface area contributed by atoms with Gasteiger partial charge in [-0.05, 0) is 19.4 Å². The van der Waals surface area contributed by atoms with Gasteiger partial charge in [-0.2, -0.15) is 0 Å². The summed E-state index contributed by atoms with van der Waals surface area (Å²) in [6, 6.07) is 0. The van der Waals surface area contributed by atoms with Gasteiger partial charge in [0.1, 0.15) is 0 Å². The summed E-state index contributed by atoms with van der Waals surface area (Å²) in [5.41, 5.74) is 1.15. The van der Waals surface area contributed by atoms with Gasteiger partial charge >= 0.3 is 0 Å². The zero-order chi connectivity index (χ0) is 6.85. The molecule has 1 heterocycles. The lowest BCUT2D eigenvalue weighted by atomic mass is 10.4. The number of halogens is 1. The van der Waals surface area contributed by atoms with Crippen molar-refractivity contribution in [2.45, 2.75) is 20.4 Å². The van der Waals surface area contributed by atoms with Crippen LogP contribution in [0.4, 0.5) is 0 Å². The van der Waals surface area contributed by atoms with Crippen molar-refractivity contribution in [3.63, 3.8) is 0 Å². The van der Waals surface area contributed by atoms with Crippen LogP contribution in [0.5, 0.6) is 0 Å². The van der Waals surface area contributed by atoms with Gasteiger partial charge in [0, 0.05) is 18.9 Å². The monoisotopic (exact) mass is 143 g/mol. The summed E-state index contributed by atoms with van der Waals surface area (Å²) in [5.74, 6) is 0. The second kappa shape index (κ2) is 2.44. The minimum absolute atomic E-state index is 0.858. The molecule has 0 unspecified atom stereocenters. The SMILES string of the molecule is CCn1cc(C)c(Cl)c1. The molecular formula is C7H10ClN. The maximum atomic E-state index is 5.79. The van der Waals surface area contributed by atoms with E-state index in [0.717, 1.165) is 17.1 Å². The van der Waals surface area contributed by atoms with Crippen molar-refractivity contribution < 1.29 is 0 Å². The van der Waals surface area contributed by atoms with Gasteiger partial charge in [-0.15, -0.1) is 0 Å². The molecule has 0 N–H and O–H groups in total. The third kappa shape index (κ3) is 1.28. The standard InChI is InChI=1S/C7H10ClN/c1-3-9-4-6(2)7(8)5-9/h4-5H,3H2,1-2H3. The summed E-state index contributed by atoms with van der Waals surface area (Å²) in [6.07, 6.45) is 3.99. The summed E-state index contributed by atoms with van der Waals surface area (Å²) in [6.45, 7) is 5.10.